The molecule has 0 aromatic carbocycles. The van der Waals surface area contributed by atoms with Crippen LogP contribution in [0, 0.1) is 0 Å². The minimum Gasteiger partial charge on any atom is -0.382 e. The fourth-order valence-corrected chi connectivity index (χ4v) is 2.07. The first kappa shape index (κ1) is 17.2. The van der Waals surface area contributed by atoms with Crippen molar-refractivity contribution in [2.45, 2.75) is 31.8 Å². The second-order valence-electron chi connectivity index (χ2n) is 4.81. The zero-order valence-electron chi connectivity index (χ0n) is 12.8. The lowest BCUT2D eigenvalue weighted by Crippen LogP contribution is -2.39. The Labute approximate surface area is 122 Å². The fraction of sp³-hybridized carbons (Fsp3) is 0.929. The summed E-state index contributed by atoms with van der Waals surface area (Å²) in [5.41, 5.74) is 0. The summed E-state index contributed by atoms with van der Waals surface area (Å²) in [4.78, 5) is 4.19. The lowest BCUT2D eigenvalue weighted by molar-refractivity contribution is 0.0698. The highest BCUT2D eigenvalue weighted by atomic mass is 16.5. The molecule has 6 heteroatoms. The fourth-order valence-electron chi connectivity index (χ4n) is 2.07. The first-order valence-electron chi connectivity index (χ1n) is 7.49. The molecule has 1 saturated heterocycles. The summed E-state index contributed by atoms with van der Waals surface area (Å²) in [7, 11) is 3.47. The Balaban J connectivity index is 1.93. The number of rotatable bonds is 10. The molecule has 0 bridgehead atoms. The summed E-state index contributed by atoms with van der Waals surface area (Å²) in [6.07, 6.45) is 4.80. The SMILES string of the molecule is CN=C(NCCCOCCOC)NCCC1CCCO1. The molecule has 0 aromatic rings. The van der Waals surface area contributed by atoms with Gasteiger partial charge in [-0.2, -0.15) is 0 Å². The standard InChI is InChI=1S/C14H29N3O3/c1-15-14(16-7-4-9-19-12-11-18-2)17-8-6-13-5-3-10-20-13/h13H,3-12H2,1-2H3,(H2,15,16,17). The van der Waals surface area contributed by atoms with Crippen molar-refractivity contribution in [3.63, 3.8) is 0 Å². The number of hydrogen-bond acceptors (Lipinski definition) is 4. The van der Waals surface area contributed by atoms with Crippen LogP contribution < -0.4 is 10.6 Å². The summed E-state index contributed by atoms with van der Waals surface area (Å²) >= 11 is 0. The molecule has 6 nitrogen and oxygen atoms in total. The van der Waals surface area contributed by atoms with Gasteiger partial charge in [-0.1, -0.05) is 0 Å². The zero-order valence-corrected chi connectivity index (χ0v) is 12.8. The molecule has 1 heterocycles. The number of hydrogen-bond donors (Lipinski definition) is 2. The van der Waals surface area contributed by atoms with Crippen LogP contribution in [-0.2, 0) is 14.2 Å². The zero-order chi connectivity index (χ0) is 14.5. The molecular weight excluding hydrogens is 258 g/mol. The van der Waals surface area contributed by atoms with Gasteiger partial charge in [0.1, 0.15) is 0 Å². The van der Waals surface area contributed by atoms with Gasteiger partial charge in [0.2, 0.25) is 0 Å². The Morgan fingerprint density at radius 3 is 2.80 bits per heavy atom. The summed E-state index contributed by atoms with van der Waals surface area (Å²) < 4.78 is 15.9. The van der Waals surface area contributed by atoms with E-state index < -0.39 is 0 Å². The maximum absolute atomic E-state index is 5.59. The molecule has 1 aliphatic heterocycles. The molecule has 0 amide bonds. The second kappa shape index (κ2) is 11.9. The van der Waals surface area contributed by atoms with Crippen molar-refractivity contribution in [3.05, 3.63) is 0 Å². The Morgan fingerprint density at radius 1 is 1.25 bits per heavy atom. The van der Waals surface area contributed by atoms with E-state index >= 15 is 0 Å². The topological polar surface area (TPSA) is 64.1 Å². The van der Waals surface area contributed by atoms with Crippen molar-refractivity contribution in [3.8, 4) is 0 Å². The van der Waals surface area contributed by atoms with Gasteiger partial charge in [0, 0.05) is 40.5 Å². The van der Waals surface area contributed by atoms with Crippen molar-refractivity contribution >= 4 is 5.96 Å². The Morgan fingerprint density at radius 2 is 2.10 bits per heavy atom. The van der Waals surface area contributed by atoms with E-state index in [0.29, 0.717) is 19.3 Å². The van der Waals surface area contributed by atoms with Crippen LogP contribution in [0.2, 0.25) is 0 Å². The number of nitrogens with one attached hydrogen (secondary N) is 2. The number of ether oxygens (including phenoxy) is 3. The van der Waals surface area contributed by atoms with Gasteiger partial charge in [0.15, 0.2) is 5.96 Å². The van der Waals surface area contributed by atoms with Gasteiger partial charge in [-0.05, 0) is 25.7 Å². The smallest absolute Gasteiger partial charge is 0.190 e. The van der Waals surface area contributed by atoms with E-state index in [1.807, 2.05) is 0 Å². The van der Waals surface area contributed by atoms with E-state index in [9.17, 15) is 0 Å². The number of aliphatic imine (C=N–C) groups is 1. The molecule has 1 aliphatic rings. The van der Waals surface area contributed by atoms with E-state index in [1.165, 1.54) is 12.8 Å². The molecule has 0 spiro atoms. The van der Waals surface area contributed by atoms with Crippen LogP contribution in [0.3, 0.4) is 0 Å². The normalized spacial score (nSPS) is 19.3. The van der Waals surface area contributed by atoms with E-state index in [0.717, 1.165) is 45.1 Å². The van der Waals surface area contributed by atoms with Gasteiger partial charge in [-0.15, -0.1) is 0 Å². The Hall–Kier alpha value is -0.850. The minimum atomic E-state index is 0.426. The predicted octanol–water partition coefficient (Wildman–Crippen LogP) is 0.774. The highest BCUT2D eigenvalue weighted by molar-refractivity contribution is 5.79. The average Bonchev–Trinajstić information content (AvgIpc) is 2.97. The quantitative estimate of drug-likeness (QED) is 0.353. The number of nitrogens with zero attached hydrogens (tertiary/aromatic N) is 1. The van der Waals surface area contributed by atoms with Crippen LogP contribution in [0.1, 0.15) is 25.7 Å². The maximum atomic E-state index is 5.59. The van der Waals surface area contributed by atoms with E-state index in [-0.39, 0.29) is 0 Å². The largest absolute Gasteiger partial charge is 0.382 e. The van der Waals surface area contributed by atoms with Crippen LogP contribution in [0.15, 0.2) is 4.99 Å². The van der Waals surface area contributed by atoms with Crippen molar-refractivity contribution in [2.75, 3.05) is 53.7 Å². The highest BCUT2D eigenvalue weighted by Gasteiger charge is 2.14. The first-order chi connectivity index (χ1) is 9.86. The van der Waals surface area contributed by atoms with Crippen LogP contribution >= 0.6 is 0 Å². The van der Waals surface area contributed by atoms with Crippen LogP contribution in [0.5, 0.6) is 0 Å². The number of methoxy groups -OCH3 is 1. The Bertz CT molecular complexity index is 256. The lowest BCUT2D eigenvalue weighted by Gasteiger charge is -2.14. The summed E-state index contributed by atoms with van der Waals surface area (Å²) in [5.74, 6) is 0.847. The molecule has 0 saturated carbocycles. The summed E-state index contributed by atoms with van der Waals surface area (Å²) in [6.45, 7) is 4.72. The van der Waals surface area contributed by atoms with Crippen LogP contribution in [0.25, 0.3) is 0 Å². The average molecular weight is 287 g/mol. The van der Waals surface area contributed by atoms with Crippen molar-refractivity contribution < 1.29 is 14.2 Å². The molecule has 1 atom stereocenters. The number of guanidine groups is 1. The van der Waals surface area contributed by atoms with E-state index in [4.69, 9.17) is 14.2 Å². The van der Waals surface area contributed by atoms with Crippen LogP contribution in [-0.4, -0.2) is 65.7 Å². The highest BCUT2D eigenvalue weighted by Crippen LogP contribution is 2.14. The van der Waals surface area contributed by atoms with Gasteiger partial charge in [0.25, 0.3) is 0 Å². The van der Waals surface area contributed by atoms with Crippen molar-refractivity contribution in [1.82, 2.24) is 10.6 Å². The monoisotopic (exact) mass is 287 g/mol. The van der Waals surface area contributed by atoms with Crippen LogP contribution in [0.4, 0.5) is 0 Å². The third kappa shape index (κ3) is 8.35. The van der Waals surface area contributed by atoms with E-state index in [2.05, 4.69) is 15.6 Å². The predicted molar refractivity (Wildman–Crippen MR) is 80.3 cm³/mol. The molecular formula is C14H29N3O3. The molecule has 1 fully saturated rings. The Kier molecular flexibility index (Phi) is 10.3. The molecule has 1 rings (SSSR count). The third-order valence-corrected chi connectivity index (χ3v) is 3.20. The molecule has 118 valence electrons. The van der Waals surface area contributed by atoms with Crippen molar-refractivity contribution in [1.29, 1.82) is 0 Å². The molecule has 0 aliphatic carbocycles. The maximum Gasteiger partial charge on any atom is 0.190 e. The molecule has 2 N–H and O–H groups in total. The molecule has 0 aromatic heterocycles. The van der Waals surface area contributed by atoms with Gasteiger partial charge in [0.05, 0.1) is 19.3 Å². The van der Waals surface area contributed by atoms with Gasteiger partial charge in [-0.3, -0.25) is 4.99 Å². The second-order valence-corrected chi connectivity index (χ2v) is 4.81. The molecule has 1 unspecified atom stereocenters. The third-order valence-electron chi connectivity index (χ3n) is 3.20. The molecule has 0 radical (unpaired) electrons. The summed E-state index contributed by atoms with van der Waals surface area (Å²) in [5, 5.41) is 6.58. The van der Waals surface area contributed by atoms with Gasteiger partial charge in [-0.25, -0.2) is 0 Å². The van der Waals surface area contributed by atoms with Crippen molar-refractivity contribution in [2.24, 2.45) is 4.99 Å². The van der Waals surface area contributed by atoms with Gasteiger partial charge < -0.3 is 24.8 Å². The lowest BCUT2D eigenvalue weighted by atomic mass is 10.2. The first-order valence-corrected chi connectivity index (χ1v) is 7.49. The molecule has 20 heavy (non-hydrogen) atoms. The minimum absolute atomic E-state index is 0.426. The van der Waals surface area contributed by atoms with E-state index in [1.54, 1.807) is 14.2 Å². The van der Waals surface area contributed by atoms with Gasteiger partial charge >= 0.3 is 0 Å². The summed E-state index contributed by atoms with van der Waals surface area (Å²) in [6, 6.07) is 0.